The Morgan fingerprint density at radius 2 is 1.90 bits per heavy atom. The van der Waals surface area contributed by atoms with Crippen LogP contribution in [0.1, 0.15) is 39.2 Å². The summed E-state index contributed by atoms with van der Waals surface area (Å²) >= 11 is 4.95. The zero-order chi connectivity index (χ0) is 21.6. The summed E-state index contributed by atoms with van der Waals surface area (Å²) in [6.45, 7) is 0.963. The quantitative estimate of drug-likeness (QED) is 0.462. The van der Waals surface area contributed by atoms with Crippen molar-refractivity contribution in [2.45, 2.75) is 32.2 Å². The molecule has 0 radical (unpaired) electrons. The largest absolute Gasteiger partial charge is 0.335 e. The number of carbonyl (C=O) groups excluding carboxylic acids is 2. The van der Waals surface area contributed by atoms with E-state index in [2.05, 4.69) is 31.5 Å². The van der Waals surface area contributed by atoms with Crippen molar-refractivity contribution in [1.29, 1.82) is 0 Å². The average Bonchev–Trinajstić information content (AvgIpc) is 3.14. The molecule has 2 heterocycles. The zero-order valence-electron chi connectivity index (χ0n) is 17.0. The highest BCUT2D eigenvalue weighted by Gasteiger charge is 2.26. The molecule has 4 N–H and O–H groups in total. The number of halogens is 1. The van der Waals surface area contributed by atoms with Gasteiger partial charge >= 0.3 is 0 Å². The maximum Gasteiger partial charge on any atom is 0.280 e. The molecule has 31 heavy (non-hydrogen) atoms. The molecular weight excluding hydrogens is 476 g/mol. The van der Waals surface area contributed by atoms with Crippen LogP contribution in [-0.2, 0) is 24.2 Å². The first kappa shape index (κ1) is 21.7. The number of nitrogens with zero attached hydrogens (tertiary/aromatic N) is 1. The summed E-state index contributed by atoms with van der Waals surface area (Å²) in [5.74, 6) is -0.281. The van der Waals surface area contributed by atoms with Gasteiger partial charge in [-0.05, 0) is 61.6 Å². The molecule has 0 unspecified atom stereocenters. The SMILES string of the molecule is O=C(C[NH2+]Cc1cccnc1)Nc1sc2c(c1C(=O)Nc1ccc(Br)cc1)CCCC2. The minimum absolute atomic E-state index is 0.111. The molecule has 6 nitrogen and oxygen atoms in total. The van der Waals surface area contributed by atoms with E-state index in [1.165, 1.54) is 16.2 Å². The molecule has 1 aliphatic carbocycles. The molecule has 1 aromatic carbocycles. The Morgan fingerprint density at radius 3 is 2.68 bits per heavy atom. The summed E-state index contributed by atoms with van der Waals surface area (Å²) < 4.78 is 0.953. The molecule has 0 spiro atoms. The molecule has 0 saturated carbocycles. The number of quaternary nitrogens is 1. The fourth-order valence-electron chi connectivity index (χ4n) is 3.69. The van der Waals surface area contributed by atoms with Gasteiger partial charge in [0.15, 0.2) is 6.54 Å². The number of carbonyl (C=O) groups is 2. The van der Waals surface area contributed by atoms with Crippen LogP contribution in [0.4, 0.5) is 10.7 Å². The number of nitrogens with one attached hydrogen (secondary N) is 2. The van der Waals surface area contributed by atoms with Crippen LogP contribution in [0.15, 0.2) is 53.3 Å². The van der Waals surface area contributed by atoms with E-state index < -0.39 is 0 Å². The Balaban J connectivity index is 1.46. The third kappa shape index (κ3) is 5.58. The van der Waals surface area contributed by atoms with E-state index in [-0.39, 0.29) is 18.4 Å². The van der Waals surface area contributed by atoms with Gasteiger partial charge in [0.25, 0.3) is 11.8 Å². The van der Waals surface area contributed by atoms with Crippen LogP contribution in [0.3, 0.4) is 0 Å². The number of amides is 2. The number of aryl methyl sites for hydroxylation is 1. The number of benzene rings is 1. The van der Waals surface area contributed by atoms with Crippen LogP contribution in [0.5, 0.6) is 0 Å². The molecule has 2 aromatic heterocycles. The van der Waals surface area contributed by atoms with E-state index in [9.17, 15) is 9.59 Å². The van der Waals surface area contributed by atoms with Gasteiger partial charge in [-0.15, -0.1) is 11.3 Å². The van der Waals surface area contributed by atoms with Crippen molar-refractivity contribution >= 4 is 49.8 Å². The zero-order valence-corrected chi connectivity index (χ0v) is 19.4. The molecule has 3 aromatic rings. The fraction of sp³-hybridized carbons (Fsp3) is 0.261. The monoisotopic (exact) mass is 499 g/mol. The first-order valence-corrected chi connectivity index (χ1v) is 11.9. The number of pyridine rings is 1. The number of hydrogen-bond acceptors (Lipinski definition) is 4. The van der Waals surface area contributed by atoms with Crippen LogP contribution in [-0.4, -0.2) is 23.3 Å². The van der Waals surface area contributed by atoms with Crippen LogP contribution in [0.25, 0.3) is 0 Å². The van der Waals surface area contributed by atoms with Gasteiger partial charge < -0.3 is 16.0 Å². The molecule has 8 heteroatoms. The maximum absolute atomic E-state index is 13.2. The van der Waals surface area contributed by atoms with E-state index in [0.29, 0.717) is 17.1 Å². The van der Waals surface area contributed by atoms with Crippen LogP contribution < -0.4 is 16.0 Å². The number of fused-ring (bicyclic) bond motifs is 1. The van der Waals surface area contributed by atoms with Gasteiger partial charge in [-0.25, -0.2) is 0 Å². The van der Waals surface area contributed by atoms with Gasteiger partial charge in [0.1, 0.15) is 11.5 Å². The van der Waals surface area contributed by atoms with Crippen molar-refractivity contribution in [1.82, 2.24) is 4.98 Å². The summed E-state index contributed by atoms with van der Waals surface area (Å²) in [5, 5.41) is 8.56. The van der Waals surface area contributed by atoms with Crippen molar-refractivity contribution in [3.05, 3.63) is 74.8 Å². The molecule has 160 valence electrons. The molecule has 2 amide bonds. The average molecular weight is 500 g/mol. The molecule has 0 atom stereocenters. The standard InChI is InChI=1S/C23H23BrN4O2S/c24-16-7-9-17(10-8-16)27-22(30)21-18-5-1-2-6-19(18)31-23(21)28-20(29)14-26-13-15-4-3-11-25-12-15/h3-4,7-12,26H,1-2,5-6,13-14H2,(H,27,30)(H,28,29)/p+1. The summed E-state index contributed by atoms with van der Waals surface area (Å²) in [7, 11) is 0. The number of aromatic nitrogens is 1. The lowest BCUT2D eigenvalue weighted by molar-refractivity contribution is -0.659. The highest BCUT2D eigenvalue weighted by atomic mass is 79.9. The molecule has 0 bridgehead atoms. The van der Waals surface area contributed by atoms with Gasteiger partial charge in [0, 0.05) is 33.0 Å². The maximum atomic E-state index is 13.2. The second-order valence-corrected chi connectivity index (χ2v) is 9.50. The topological polar surface area (TPSA) is 87.7 Å². The highest BCUT2D eigenvalue weighted by molar-refractivity contribution is 9.10. The van der Waals surface area contributed by atoms with Crippen molar-refractivity contribution in [3.8, 4) is 0 Å². The Bertz CT molecular complexity index is 1070. The van der Waals surface area contributed by atoms with E-state index in [0.717, 1.165) is 47.0 Å². The third-order valence-corrected chi connectivity index (χ3v) is 6.92. The van der Waals surface area contributed by atoms with Crippen molar-refractivity contribution in [2.24, 2.45) is 0 Å². The minimum atomic E-state index is -0.170. The minimum Gasteiger partial charge on any atom is -0.335 e. The Morgan fingerprint density at radius 1 is 1.10 bits per heavy atom. The number of thiophene rings is 1. The predicted molar refractivity (Wildman–Crippen MR) is 126 cm³/mol. The number of nitrogens with two attached hydrogens (primary N) is 1. The molecule has 0 fully saturated rings. The Kier molecular flexibility index (Phi) is 7.11. The van der Waals surface area contributed by atoms with E-state index in [4.69, 9.17) is 0 Å². The first-order valence-electron chi connectivity index (χ1n) is 10.3. The second kappa shape index (κ2) is 10.2. The molecule has 1 aliphatic rings. The fourth-order valence-corrected chi connectivity index (χ4v) is 5.25. The van der Waals surface area contributed by atoms with Gasteiger partial charge in [-0.1, -0.05) is 22.0 Å². The lowest BCUT2D eigenvalue weighted by Crippen LogP contribution is -2.84. The van der Waals surface area contributed by atoms with E-state index >= 15 is 0 Å². The third-order valence-electron chi connectivity index (χ3n) is 5.19. The lowest BCUT2D eigenvalue weighted by atomic mass is 9.95. The number of anilines is 2. The second-order valence-electron chi connectivity index (χ2n) is 7.48. The van der Waals surface area contributed by atoms with Crippen molar-refractivity contribution in [3.63, 3.8) is 0 Å². The van der Waals surface area contributed by atoms with E-state index in [1.54, 1.807) is 12.4 Å². The van der Waals surface area contributed by atoms with Gasteiger partial charge in [-0.2, -0.15) is 0 Å². The molecule has 0 aliphatic heterocycles. The van der Waals surface area contributed by atoms with Gasteiger partial charge in [0.05, 0.1) is 5.56 Å². The van der Waals surface area contributed by atoms with E-state index in [1.807, 2.05) is 41.7 Å². The smallest absolute Gasteiger partial charge is 0.280 e. The summed E-state index contributed by atoms with van der Waals surface area (Å²) in [6, 6.07) is 11.4. The summed E-state index contributed by atoms with van der Waals surface area (Å²) in [5.41, 5.74) is 3.49. The first-order chi connectivity index (χ1) is 15.1. The molecule has 0 saturated heterocycles. The number of rotatable bonds is 7. The molecule has 4 rings (SSSR count). The highest BCUT2D eigenvalue weighted by Crippen LogP contribution is 2.38. The van der Waals surface area contributed by atoms with Crippen LogP contribution in [0, 0.1) is 0 Å². The van der Waals surface area contributed by atoms with Crippen molar-refractivity contribution < 1.29 is 14.9 Å². The summed E-state index contributed by atoms with van der Waals surface area (Å²) in [6.07, 6.45) is 7.55. The van der Waals surface area contributed by atoms with Crippen LogP contribution >= 0.6 is 27.3 Å². The Hall–Kier alpha value is -2.55. The van der Waals surface area contributed by atoms with Gasteiger partial charge in [-0.3, -0.25) is 14.6 Å². The molecular formula is C23H24BrN4O2S+. The van der Waals surface area contributed by atoms with Gasteiger partial charge in [0.2, 0.25) is 0 Å². The summed E-state index contributed by atoms with van der Waals surface area (Å²) in [4.78, 5) is 31.1. The lowest BCUT2D eigenvalue weighted by Gasteiger charge is -2.13. The normalized spacial score (nSPS) is 12.8. The van der Waals surface area contributed by atoms with Crippen molar-refractivity contribution in [2.75, 3.05) is 17.2 Å². The predicted octanol–water partition coefficient (Wildman–Crippen LogP) is 3.74. The number of hydrogen-bond donors (Lipinski definition) is 3. The Labute approximate surface area is 193 Å². The van der Waals surface area contributed by atoms with Crippen LogP contribution in [0.2, 0.25) is 0 Å².